The standard InChI is InChI=1S/C24H25ClN2O3S/c1-27(15-8-4-3-5-9-15)24(29)17-10-6-7-11-19(17)26-23(28)22-21(25)18-13-12-16(30-2)14-20(18)31-22/h6-7,10-15H,3-5,8-9H2,1-2H3,(H,26,28). The molecule has 5 nitrogen and oxygen atoms in total. The van der Waals surface area contributed by atoms with Crippen LogP contribution < -0.4 is 10.1 Å². The van der Waals surface area contributed by atoms with Crippen LogP contribution in [0.25, 0.3) is 10.1 Å². The lowest BCUT2D eigenvalue weighted by molar-refractivity contribution is 0.0697. The fourth-order valence-electron chi connectivity index (χ4n) is 4.10. The summed E-state index contributed by atoms with van der Waals surface area (Å²) in [6.07, 6.45) is 5.58. The van der Waals surface area contributed by atoms with E-state index >= 15 is 0 Å². The van der Waals surface area contributed by atoms with E-state index in [1.165, 1.54) is 17.8 Å². The second-order valence-corrected chi connectivity index (χ2v) is 9.25. The van der Waals surface area contributed by atoms with Gasteiger partial charge < -0.3 is 15.0 Å². The molecule has 162 valence electrons. The van der Waals surface area contributed by atoms with Gasteiger partial charge in [-0.1, -0.05) is 43.0 Å². The molecule has 1 aliphatic carbocycles. The molecule has 0 bridgehead atoms. The second kappa shape index (κ2) is 9.28. The molecule has 4 rings (SSSR count). The number of hydrogen-bond acceptors (Lipinski definition) is 4. The molecule has 31 heavy (non-hydrogen) atoms. The molecule has 1 heterocycles. The van der Waals surface area contributed by atoms with Gasteiger partial charge in [0, 0.05) is 23.2 Å². The van der Waals surface area contributed by atoms with Crippen LogP contribution in [0.4, 0.5) is 5.69 Å². The van der Waals surface area contributed by atoms with Crippen LogP contribution in [0.15, 0.2) is 42.5 Å². The predicted octanol–water partition coefficient (Wildman–Crippen LogP) is 6.22. The molecule has 1 fully saturated rings. The van der Waals surface area contributed by atoms with E-state index in [1.807, 2.05) is 42.3 Å². The molecule has 1 aromatic heterocycles. The maximum absolute atomic E-state index is 13.2. The number of nitrogens with one attached hydrogen (secondary N) is 1. The summed E-state index contributed by atoms with van der Waals surface area (Å²) in [6, 6.07) is 12.9. The van der Waals surface area contributed by atoms with Crippen LogP contribution in [0.2, 0.25) is 5.02 Å². The number of carbonyl (C=O) groups excluding carboxylic acids is 2. The van der Waals surface area contributed by atoms with E-state index in [1.54, 1.807) is 19.2 Å². The molecule has 0 radical (unpaired) electrons. The summed E-state index contributed by atoms with van der Waals surface area (Å²) in [5.41, 5.74) is 0.981. The number of para-hydroxylation sites is 1. The Morgan fingerprint density at radius 1 is 1.13 bits per heavy atom. The van der Waals surface area contributed by atoms with Gasteiger partial charge in [0.15, 0.2) is 0 Å². The van der Waals surface area contributed by atoms with Gasteiger partial charge in [0.1, 0.15) is 10.6 Å². The van der Waals surface area contributed by atoms with Crippen LogP contribution in [-0.4, -0.2) is 36.9 Å². The SMILES string of the molecule is COc1ccc2c(Cl)c(C(=O)Nc3ccccc3C(=O)N(C)C3CCCCC3)sc2c1. The Balaban J connectivity index is 1.59. The third kappa shape index (κ3) is 4.41. The van der Waals surface area contributed by atoms with Crippen molar-refractivity contribution in [2.75, 3.05) is 19.5 Å². The number of thiophene rings is 1. The average Bonchev–Trinajstić information content (AvgIpc) is 3.14. The average molecular weight is 457 g/mol. The largest absolute Gasteiger partial charge is 0.497 e. The summed E-state index contributed by atoms with van der Waals surface area (Å²) in [4.78, 5) is 28.5. The molecular weight excluding hydrogens is 432 g/mol. The van der Waals surface area contributed by atoms with Gasteiger partial charge in [-0.25, -0.2) is 0 Å². The highest BCUT2D eigenvalue weighted by Gasteiger charge is 2.25. The van der Waals surface area contributed by atoms with Gasteiger partial charge in [-0.05, 0) is 43.2 Å². The number of hydrogen-bond donors (Lipinski definition) is 1. The van der Waals surface area contributed by atoms with Gasteiger partial charge in [-0.15, -0.1) is 11.3 Å². The fraction of sp³-hybridized carbons (Fsp3) is 0.333. The summed E-state index contributed by atoms with van der Waals surface area (Å²) >= 11 is 7.81. The number of benzene rings is 2. The van der Waals surface area contributed by atoms with E-state index < -0.39 is 0 Å². The first-order valence-corrected chi connectivity index (χ1v) is 11.6. The highest BCUT2D eigenvalue weighted by atomic mass is 35.5. The van der Waals surface area contributed by atoms with Crippen LogP contribution >= 0.6 is 22.9 Å². The molecule has 3 aromatic rings. The Hall–Kier alpha value is -2.57. The number of fused-ring (bicyclic) bond motifs is 1. The van der Waals surface area contributed by atoms with Crippen LogP contribution in [0, 0.1) is 0 Å². The number of amides is 2. The summed E-state index contributed by atoms with van der Waals surface area (Å²) in [6.45, 7) is 0. The van der Waals surface area contributed by atoms with E-state index in [9.17, 15) is 9.59 Å². The summed E-state index contributed by atoms with van der Waals surface area (Å²) in [5.74, 6) is 0.305. The summed E-state index contributed by atoms with van der Waals surface area (Å²) < 4.78 is 6.13. The maximum atomic E-state index is 13.2. The van der Waals surface area contributed by atoms with Crippen LogP contribution in [-0.2, 0) is 0 Å². The lowest BCUT2D eigenvalue weighted by atomic mass is 9.94. The number of carbonyl (C=O) groups is 2. The summed E-state index contributed by atoms with van der Waals surface area (Å²) in [7, 11) is 3.45. The zero-order valence-corrected chi connectivity index (χ0v) is 19.2. The van der Waals surface area contributed by atoms with Crippen molar-refractivity contribution in [2.45, 2.75) is 38.1 Å². The van der Waals surface area contributed by atoms with Crippen molar-refractivity contribution in [2.24, 2.45) is 0 Å². The lowest BCUT2D eigenvalue weighted by Crippen LogP contribution is -2.38. The Morgan fingerprint density at radius 2 is 1.87 bits per heavy atom. The molecule has 2 amide bonds. The molecule has 0 unspecified atom stereocenters. The van der Waals surface area contributed by atoms with Gasteiger partial charge in [0.2, 0.25) is 0 Å². The normalized spacial score (nSPS) is 14.4. The van der Waals surface area contributed by atoms with Crippen molar-refractivity contribution in [3.05, 3.63) is 57.9 Å². The molecular formula is C24H25ClN2O3S. The fourth-order valence-corrected chi connectivity index (χ4v) is 5.54. The quantitative estimate of drug-likeness (QED) is 0.495. The van der Waals surface area contributed by atoms with E-state index in [4.69, 9.17) is 16.3 Å². The van der Waals surface area contributed by atoms with Crippen molar-refractivity contribution in [3.63, 3.8) is 0 Å². The maximum Gasteiger partial charge on any atom is 0.267 e. The number of halogens is 1. The Morgan fingerprint density at radius 3 is 2.61 bits per heavy atom. The van der Waals surface area contributed by atoms with Crippen molar-refractivity contribution >= 4 is 50.5 Å². The number of rotatable bonds is 5. The Kier molecular flexibility index (Phi) is 6.49. The van der Waals surface area contributed by atoms with Gasteiger partial charge in [0.05, 0.1) is 23.4 Å². The molecule has 2 aromatic carbocycles. The first kappa shape index (κ1) is 21.7. The molecule has 1 N–H and O–H groups in total. The van der Waals surface area contributed by atoms with Crippen LogP contribution in [0.3, 0.4) is 0 Å². The molecule has 1 aliphatic rings. The molecule has 0 spiro atoms. The Labute approximate surface area is 191 Å². The van der Waals surface area contributed by atoms with Gasteiger partial charge in [0.25, 0.3) is 11.8 Å². The number of ether oxygens (including phenoxy) is 1. The van der Waals surface area contributed by atoms with Gasteiger partial charge >= 0.3 is 0 Å². The minimum atomic E-state index is -0.328. The third-order valence-corrected chi connectivity index (χ3v) is 7.55. The number of anilines is 1. The first-order chi connectivity index (χ1) is 15.0. The van der Waals surface area contributed by atoms with Crippen molar-refractivity contribution in [1.82, 2.24) is 4.90 Å². The first-order valence-electron chi connectivity index (χ1n) is 10.4. The smallest absolute Gasteiger partial charge is 0.267 e. The predicted molar refractivity (Wildman–Crippen MR) is 127 cm³/mol. The molecule has 7 heteroatoms. The van der Waals surface area contributed by atoms with Crippen molar-refractivity contribution < 1.29 is 14.3 Å². The minimum absolute atomic E-state index is 0.0741. The van der Waals surface area contributed by atoms with Crippen LogP contribution in [0.1, 0.15) is 52.1 Å². The molecule has 0 saturated heterocycles. The molecule has 1 saturated carbocycles. The van der Waals surface area contributed by atoms with Crippen molar-refractivity contribution in [3.8, 4) is 5.75 Å². The van der Waals surface area contributed by atoms with Crippen molar-refractivity contribution in [1.29, 1.82) is 0 Å². The topological polar surface area (TPSA) is 58.6 Å². The van der Waals surface area contributed by atoms with E-state index in [2.05, 4.69) is 5.32 Å². The zero-order chi connectivity index (χ0) is 22.0. The summed E-state index contributed by atoms with van der Waals surface area (Å²) in [5, 5.41) is 4.11. The highest BCUT2D eigenvalue weighted by Crippen LogP contribution is 2.37. The number of nitrogens with zero attached hydrogens (tertiary/aromatic N) is 1. The van der Waals surface area contributed by atoms with E-state index in [0.717, 1.165) is 35.8 Å². The second-order valence-electron chi connectivity index (χ2n) is 7.81. The third-order valence-electron chi connectivity index (χ3n) is 5.89. The van der Waals surface area contributed by atoms with E-state index in [0.29, 0.717) is 26.9 Å². The monoisotopic (exact) mass is 456 g/mol. The van der Waals surface area contributed by atoms with Gasteiger partial charge in [-0.3, -0.25) is 9.59 Å². The zero-order valence-electron chi connectivity index (χ0n) is 17.6. The van der Waals surface area contributed by atoms with Crippen LogP contribution in [0.5, 0.6) is 5.75 Å². The minimum Gasteiger partial charge on any atom is -0.497 e. The molecule has 0 atom stereocenters. The van der Waals surface area contributed by atoms with Gasteiger partial charge in [-0.2, -0.15) is 0 Å². The lowest BCUT2D eigenvalue weighted by Gasteiger charge is -2.31. The van der Waals surface area contributed by atoms with E-state index in [-0.39, 0.29) is 17.9 Å². The molecule has 0 aliphatic heterocycles. The number of methoxy groups -OCH3 is 1. The Bertz CT molecular complexity index is 1120. The highest BCUT2D eigenvalue weighted by molar-refractivity contribution is 7.21.